The monoisotopic (exact) mass is 470 g/mol. The number of ether oxygens (including phenoxy) is 3. The molecule has 1 saturated carbocycles. The predicted molar refractivity (Wildman–Crippen MR) is 124 cm³/mol. The van der Waals surface area contributed by atoms with E-state index in [-0.39, 0.29) is 30.2 Å². The number of nitrogens with zero attached hydrogens (tertiary/aromatic N) is 1. The zero-order valence-electron chi connectivity index (χ0n) is 19.9. The van der Waals surface area contributed by atoms with Crippen LogP contribution in [-0.4, -0.2) is 43.6 Å². The van der Waals surface area contributed by atoms with Crippen molar-refractivity contribution in [2.24, 2.45) is 0 Å². The minimum atomic E-state index is -0.909. The van der Waals surface area contributed by atoms with E-state index in [9.17, 15) is 14.0 Å². The highest BCUT2D eigenvalue weighted by atomic mass is 19.1. The van der Waals surface area contributed by atoms with Crippen LogP contribution < -0.4 is 19.5 Å². The quantitative estimate of drug-likeness (QED) is 0.587. The van der Waals surface area contributed by atoms with Gasteiger partial charge in [0.1, 0.15) is 11.4 Å². The third-order valence-electron chi connectivity index (χ3n) is 6.95. The van der Waals surface area contributed by atoms with E-state index in [4.69, 9.17) is 14.2 Å². The minimum absolute atomic E-state index is 0.0424. The Morgan fingerprint density at radius 2 is 1.65 bits per heavy atom. The van der Waals surface area contributed by atoms with Gasteiger partial charge in [0, 0.05) is 6.54 Å². The molecule has 2 aromatic carbocycles. The number of amides is 2. The van der Waals surface area contributed by atoms with Gasteiger partial charge in [0.15, 0.2) is 11.5 Å². The highest BCUT2D eigenvalue weighted by molar-refractivity contribution is 5.95. The number of hydrogen-bond acceptors (Lipinski definition) is 5. The molecule has 1 aliphatic heterocycles. The first-order valence-electron chi connectivity index (χ1n) is 11.6. The van der Waals surface area contributed by atoms with Crippen molar-refractivity contribution in [3.63, 3.8) is 0 Å². The fourth-order valence-electron chi connectivity index (χ4n) is 5.20. The van der Waals surface area contributed by atoms with Crippen LogP contribution in [0.1, 0.15) is 55.7 Å². The van der Waals surface area contributed by atoms with Gasteiger partial charge in [-0.05, 0) is 48.2 Å². The second-order valence-corrected chi connectivity index (χ2v) is 8.84. The standard InChI is InChI=1S/C26H31FN2O5/c1-32-21-13-17(14-22(33-2)24(21)34-3)16-28-25(31)26(11-5-4-6-12-26)29-20(15-23(29)30)18-7-9-19(27)10-8-18/h7-10,13-14,20H,4-6,11-12,15-16H2,1-3H3,(H,28,31). The third-order valence-corrected chi connectivity index (χ3v) is 6.95. The van der Waals surface area contributed by atoms with E-state index in [1.165, 1.54) is 19.2 Å². The normalized spacial score (nSPS) is 19.2. The first-order chi connectivity index (χ1) is 16.4. The SMILES string of the molecule is COc1cc(CNC(=O)C2(N3C(=O)CC3c3ccc(F)cc3)CCCCC2)cc(OC)c1OC. The molecule has 0 radical (unpaired) electrons. The van der Waals surface area contributed by atoms with Crippen LogP contribution in [0.4, 0.5) is 4.39 Å². The lowest BCUT2D eigenvalue weighted by atomic mass is 9.75. The number of rotatable bonds is 8. The summed E-state index contributed by atoms with van der Waals surface area (Å²) in [6.07, 6.45) is 4.32. The van der Waals surface area contributed by atoms with Crippen LogP contribution in [0, 0.1) is 5.82 Å². The van der Waals surface area contributed by atoms with Gasteiger partial charge in [0.25, 0.3) is 0 Å². The Morgan fingerprint density at radius 1 is 1.03 bits per heavy atom. The van der Waals surface area contributed by atoms with Crippen molar-refractivity contribution >= 4 is 11.8 Å². The summed E-state index contributed by atoms with van der Waals surface area (Å²) in [6, 6.07) is 9.56. The van der Waals surface area contributed by atoms with Gasteiger partial charge in [-0.15, -0.1) is 0 Å². The Kier molecular flexibility index (Phi) is 6.95. The number of nitrogens with one attached hydrogen (secondary N) is 1. The summed E-state index contributed by atoms with van der Waals surface area (Å²) >= 11 is 0. The van der Waals surface area contributed by atoms with Gasteiger partial charge in [0.2, 0.25) is 17.6 Å². The van der Waals surface area contributed by atoms with Crippen molar-refractivity contribution in [1.82, 2.24) is 10.2 Å². The number of likely N-dealkylation sites (tertiary alicyclic amines) is 1. The van der Waals surface area contributed by atoms with E-state index >= 15 is 0 Å². The first kappa shape index (κ1) is 23.9. The van der Waals surface area contributed by atoms with Gasteiger partial charge in [0.05, 0.1) is 33.8 Å². The Labute approximate surface area is 199 Å². The molecule has 1 atom stereocenters. The van der Waals surface area contributed by atoms with E-state index < -0.39 is 5.54 Å². The van der Waals surface area contributed by atoms with Crippen LogP contribution in [0.3, 0.4) is 0 Å². The van der Waals surface area contributed by atoms with Crippen molar-refractivity contribution in [3.05, 3.63) is 53.3 Å². The van der Waals surface area contributed by atoms with Crippen molar-refractivity contribution in [2.75, 3.05) is 21.3 Å². The highest BCUT2D eigenvalue weighted by Gasteiger charge is 2.54. The smallest absolute Gasteiger partial charge is 0.246 e. The van der Waals surface area contributed by atoms with Crippen molar-refractivity contribution in [2.45, 2.75) is 56.7 Å². The van der Waals surface area contributed by atoms with Gasteiger partial charge in [-0.2, -0.15) is 0 Å². The van der Waals surface area contributed by atoms with E-state index in [0.29, 0.717) is 36.5 Å². The fourth-order valence-corrected chi connectivity index (χ4v) is 5.20. The number of hydrogen-bond donors (Lipinski definition) is 1. The number of β-lactam (4-membered cyclic amide) rings is 1. The molecule has 34 heavy (non-hydrogen) atoms. The molecule has 7 nitrogen and oxygen atoms in total. The van der Waals surface area contributed by atoms with Crippen molar-refractivity contribution in [1.29, 1.82) is 0 Å². The molecule has 0 bridgehead atoms. The average Bonchev–Trinajstić information content (AvgIpc) is 2.86. The maximum atomic E-state index is 13.7. The summed E-state index contributed by atoms with van der Waals surface area (Å²) in [4.78, 5) is 28.3. The van der Waals surface area contributed by atoms with Crippen LogP contribution in [0.2, 0.25) is 0 Å². The van der Waals surface area contributed by atoms with E-state index in [2.05, 4.69) is 5.32 Å². The molecule has 0 aromatic heterocycles. The summed E-state index contributed by atoms with van der Waals surface area (Å²) in [5, 5.41) is 3.06. The summed E-state index contributed by atoms with van der Waals surface area (Å²) in [6.45, 7) is 0.251. The summed E-state index contributed by atoms with van der Waals surface area (Å²) in [7, 11) is 4.62. The fraction of sp³-hybridized carbons (Fsp3) is 0.462. The highest BCUT2D eigenvalue weighted by Crippen LogP contribution is 2.46. The number of methoxy groups -OCH3 is 3. The van der Waals surface area contributed by atoms with Gasteiger partial charge < -0.3 is 24.4 Å². The molecular formula is C26H31FN2O5. The molecule has 1 aliphatic carbocycles. The largest absolute Gasteiger partial charge is 0.493 e. The Bertz CT molecular complexity index is 1020. The van der Waals surface area contributed by atoms with Crippen LogP contribution in [0.15, 0.2) is 36.4 Å². The molecule has 8 heteroatoms. The van der Waals surface area contributed by atoms with Crippen LogP contribution in [0.5, 0.6) is 17.2 Å². The summed E-state index contributed by atoms with van der Waals surface area (Å²) in [5.74, 6) is 0.967. The van der Waals surface area contributed by atoms with Crippen molar-refractivity contribution in [3.8, 4) is 17.2 Å². The molecule has 4 rings (SSSR count). The molecular weight excluding hydrogens is 439 g/mol. The topological polar surface area (TPSA) is 77.1 Å². The second-order valence-electron chi connectivity index (χ2n) is 8.84. The van der Waals surface area contributed by atoms with Gasteiger partial charge in [-0.25, -0.2) is 4.39 Å². The second kappa shape index (κ2) is 9.91. The number of halogens is 1. The van der Waals surface area contributed by atoms with E-state index in [1.807, 2.05) is 0 Å². The molecule has 1 saturated heterocycles. The predicted octanol–water partition coefficient (Wildman–Crippen LogP) is 4.14. The van der Waals surface area contributed by atoms with Crippen LogP contribution in [0.25, 0.3) is 0 Å². The molecule has 2 aliphatic rings. The van der Waals surface area contributed by atoms with E-state index in [1.54, 1.807) is 43.4 Å². The van der Waals surface area contributed by atoms with Crippen LogP contribution in [-0.2, 0) is 16.1 Å². The number of carbonyl (C=O) groups is 2. The Hall–Kier alpha value is -3.29. The molecule has 1 unspecified atom stereocenters. The first-order valence-corrected chi connectivity index (χ1v) is 11.6. The maximum Gasteiger partial charge on any atom is 0.246 e. The average molecular weight is 471 g/mol. The molecule has 2 aromatic rings. The zero-order chi connectivity index (χ0) is 24.3. The zero-order valence-corrected chi connectivity index (χ0v) is 19.9. The Balaban J connectivity index is 1.58. The lowest BCUT2D eigenvalue weighted by Gasteiger charge is -2.54. The minimum Gasteiger partial charge on any atom is -0.493 e. The lowest BCUT2D eigenvalue weighted by Crippen LogP contribution is -2.66. The molecule has 0 spiro atoms. The molecule has 1 N–H and O–H groups in total. The third kappa shape index (κ3) is 4.29. The molecule has 2 fully saturated rings. The summed E-state index contributed by atoms with van der Waals surface area (Å²) in [5.41, 5.74) is 0.731. The van der Waals surface area contributed by atoms with E-state index in [0.717, 1.165) is 30.4 Å². The van der Waals surface area contributed by atoms with Crippen LogP contribution >= 0.6 is 0 Å². The number of benzene rings is 2. The molecule has 2 amide bonds. The number of carbonyl (C=O) groups excluding carboxylic acids is 2. The summed E-state index contributed by atoms with van der Waals surface area (Å²) < 4.78 is 29.7. The van der Waals surface area contributed by atoms with Crippen molar-refractivity contribution < 1.29 is 28.2 Å². The van der Waals surface area contributed by atoms with Gasteiger partial charge >= 0.3 is 0 Å². The Morgan fingerprint density at radius 3 is 2.18 bits per heavy atom. The maximum absolute atomic E-state index is 13.7. The lowest BCUT2D eigenvalue weighted by molar-refractivity contribution is -0.168. The van der Waals surface area contributed by atoms with Gasteiger partial charge in [-0.1, -0.05) is 31.4 Å². The molecule has 1 heterocycles. The molecule has 182 valence electrons. The van der Waals surface area contributed by atoms with Gasteiger partial charge in [-0.3, -0.25) is 9.59 Å².